The van der Waals surface area contributed by atoms with E-state index in [9.17, 15) is 4.79 Å². The van der Waals surface area contributed by atoms with E-state index in [-0.39, 0.29) is 24.5 Å². The molecule has 7 nitrogen and oxygen atoms in total. The molecule has 2 aromatic rings. The third kappa shape index (κ3) is 5.10. The Morgan fingerprint density at radius 3 is 2.93 bits per heavy atom. The Morgan fingerprint density at radius 2 is 2.23 bits per heavy atom. The van der Waals surface area contributed by atoms with Crippen molar-refractivity contribution in [1.82, 2.24) is 9.97 Å². The fourth-order valence-corrected chi connectivity index (χ4v) is 3.42. The summed E-state index contributed by atoms with van der Waals surface area (Å²) in [5.74, 6) is 6.49. The summed E-state index contributed by atoms with van der Waals surface area (Å²) in [5, 5.41) is 0.523. The maximum Gasteiger partial charge on any atom is 0.233 e. The summed E-state index contributed by atoms with van der Waals surface area (Å²) in [4.78, 5) is 25.7. The van der Waals surface area contributed by atoms with Crippen molar-refractivity contribution in [3.05, 3.63) is 47.4 Å². The number of hydrogen-bond donors (Lipinski definition) is 1. The average Bonchev–Trinajstić information content (AvgIpc) is 2.75. The van der Waals surface area contributed by atoms with Gasteiger partial charge in [-0.25, -0.2) is 9.97 Å². The molecule has 0 fully saturated rings. The standard InChI is InChI=1S/C22H24N4O3S/c1-4-5-9-29-20-14-24-17(13-25-20)18(27)12-15-6-7-19-16(11-15)22(2,8-10-28-19)26-21(23)30-3/h6-7,11,13-14H,8-10,12H2,1-3H3,(H2,23,26)/t22-/m0/s1. The molecule has 1 aromatic heterocycles. The number of aliphatic imine (C=N–C) groups is 1. The Morgan fingerprint density at radius 1 is 1.40 bits per heavy atom. The van der Waals surface area contributed by atoms with Crippen molar-refractivity contribution < 1.29 is 14.3 Å². The second-order valence-corrected chi connectivity index (χ2v) is 7.74. The van der Waals surface area contributed by atoms with Crippen molar-refractivity contribution >= 4 is 22.7 Å². The number of aromatic nitrogens is 2. The molecule has 2 N–H and O–H groups in total. The minimum atomic E-state index is -0.486. The number of carbonyl (C=O) groups excluding carboxylic acids is 1. The van der Waals surface area contributed by atoms with Gasteiger partial charge >= 0.3 is 0 Å². The Hall–Kier alpha value is -3.05. The molecule has 0 saturated heterocycles. The van der Waals surface area contributed by atoms with Crippen molar-refractivity contribution in [2.75, 3.05) is 19.5 Å². The molecule has 0 aliphatic carbocycles. The first-order chi connectivity index (χ1) is 14.4. The third-order valence-electron chi connectivity index (χ3n) is 4.78. The van der Waals surface area contributed by atoms with Crippen LogP contribution >= 0.6 is 11.8 Å². The minimum absolute atomic E-state index is 0.132. The maximum absolute atomic E-state index is 12.7. The van der Waals surface area contributed by atoms with Gasteiger partial charge < -0.3 is 15.2 Å². The zero-order valence-corrected chi connectivity index (χ0v) is 18.1. The van der Waals surface area contributed by atoms with Gasteiger partial charge in [-0.1, -0.05) is 23.7 Å². The van der Waals surface area contributed by atoms with Gasteiger partial charge in [-0.2, -0.15) is 0 Å². The summed E-state index contributed by atoms with van der Waals surface area (Å²) < 4.78 is 11.1. The Bertz CT molecular complexity index is 1010. The Labute approximate surface area is 180 Å². The Kier molecular flexibility index (Phi) is 6.95. The van der Waals surface area contributed by atoms with Gasteiger partial charge in [-0.3, -0.25) is 9.79 Å². The molecule has 1 atom stereocenters. The van der Waals surface area contributed by atoms with E-state index in [2.05, 4.69) is 21.8 Å². The number of hydrogen-bond acceptors (Lipinski definition) is 7. The highest BCUT2D eigenvalue weighted by molar-refractivity contribution is 8.13. The molecule has 1 aliphatic heterocycles. The van der Waals surface area contributed by atoms with E-state index in [0.717, 1.165) is 16.9 Å². The summed E-state index contributed by atoms with van der Waals surface area (Å²) in [6.45, 7) is 4.57. The summed E-state index contributed by atoms with van der Waals surface area (Å²) in [7, 11) is 0. The molecule has 0 saturated carbocycles. The van der Waals surface area contributed by atoms with Crippen molar-refractivity contribution in [1.29, 1.82) is 0 Å². The van der Waals surface area contributed by atoms with E-state index in [1.54, 1.807) is 6.92 Å². The van der Waals surface area contributed by atoms with Gasteiger partial charge in [0.2, 0.25) is 5.88 Å². The summed E-state index contributed by atoms with van der Waals surface area (Å²) in [6, 6.07) is 5.74. The van der Waals surface area contributed by atoms with Gasteiger partial charge in [-0.05, 0) is 37.8 Å². The number of ether oxygens (including phenoxy) is 2. The van der Waals surface area contributed by atoms with E-state index in [1.165, 1.54) is 24.2 Å². The second-order valence-electron chi connectivity index (χ2n) is 6.91. The highest BCUT2D eigenvalue weighted by Crippen LogP contribution is 2.40. The number of amidine groups is 1. The first-order valence-electron chi connectivity index (χ1n) is 9.48. The van der Waals surface area contributed by atoms with Gasteiger partial charge in [-0.15, -0.1) is 5.92 Å². The van der Waals surface area contributed by atoms with E-state index >= 15 is 0 Å². The number of thioether (sulfide) groups is 1. The first kappa shape index (κ1) is 21.7. The Balaban J connectivity index is 1.77. The highest BCUT2D eigenvalue weighted by atomic mass is 32.2. The summed E-state index contributed by atoms with van der Waals surface area (Å²) in [5.41, 5.74) is 7.56. The zero-order chi connectivity index (χ0) is 21.6. The minimum Gasteiger partial charge on any atom is -0.493 e. The number of Topliss-reactive ketones (excluding diaryl/α,β-unsaturated/α-hetero) is 1. The summed E-state index contributed by atoms with van der Waals surface area (Å²) >= 11 is 1.41. The van der Waals surface area contributed by atoms with Gasteiger partial charge in [0.05, 0.1) is 24.5 Å². The predicted octanol–water partition coefficient (Wildman–Crippen LogP) is 2.98. The molecular formula is C22H24N4O3S. The number of rotatable bonds is 6. The van der Waals surface area contributed by atoms with E-state index in [0.29, 0.717) is 24.1 Å². The fourth-order valence-electron chi connectivity index (χ4n) is 3.13. The van der Waals surface area contributed by atoms with Crippen LogP contribution in [-0.4, -0.2) is 40.4 Å². The van der Waals surface area contributed by atoms with Crippen molar-refractivity contribution in [2.24, 2.45) is 10.7 Å². The number of carbonyl (C=O) groups is 1. The maximum atomic E-state index is 12.7. The van der Waals surface area contributed by atoms with Gasteiger partial charge in [0.15, 0.2) is 17.6 Å². The second kappa shape index (κ2) is 9.63. The topological polar surface area (TPSA) is 99.7 Å². The fraction of sp³-hybridized carbons (Fsp3) is 0.364. The SMILES string of the molecule is CC#CCOc1cnc(C(=O)Cc2ccc3c(c2)[C@@](C)(N=C(N)SC)CCO3)cn1. The number of nitrogens with two attached hydrogens (primary N) is 1. The first-order valence-corrected chi connectivity index (χ1v) is 10.7. The lowest BCUT2D eigenvalue weighted by Crippen LogP contribution is -2.30. The predicted molar refractivity (Wildman–Crippen MR) is 118 cm³/mol. The number of nitrogens with zero attached hydrogens (tertiary/aromatic N) is 3. The lowest BCUT2D eigenvalue weighted by atomic mass is 9.85. The van der Waals surface area contributed by atoms with Crippen molar-refractivity contribution in [2.45, 2.75) is 32.2 Å². The number of benzene rings is 1. The van der Waals surface area contributed by atoms with Crippen LogP contribution in [0.2, 0.25) is 0 Å². The lowest BCUT2D eigenvalue weighted by Gasteiger charge is -2.33. The van der Waals surface area contributed by atoms with E-state index in [1.807, 2.05) is 31.4 Å². The smallest absolute Gasteiger partial charge is 0.233 e. The third-order valence-corrected chi connectivity index (χ3v) is 5.29. The zero-order valence-electron chi connectivity index (χ0n) is 17.3. The molecule has 3 rings (SSSR count). The van der Waals surface area contributed by atoms with Crippen LogP contribution in [0.1, 0.15) is 41.9 Å². The molecular weight excluding hydrogens is 400 g/mol. The largest absolute Gasteiger partial charge is 0.493 e. The van der Waals surface area contributed by atoms with Gasteiger partial charge in [0.1, 0.15) is 11.4 Å². The molecule has 8 heteroatoms. The molecule has 1 aliphatic rings. The van der Waals surface area contributed by atoms with Crippen LogP contribution in [0.3, 0.4) is 0 Å². The van der Waals surface area contributed by atoms with E-state index < -0.39 is 5.54 Å². The van der Waals surface area contributed by atoms with E-state index in [4.69, 9.17) is 20.2 Å². The molecule has 0 unspecified atom stereocenters. The molecule has 30 heavy (non-hydrogen) atoms. The van der Waals surface area contributed by atoms with Gasteiger partial charge in [0, 0.05) is 18.4 Å². The average molecular weight is 425 g/mol. The van der Waals surface area contributed by atoms with Crippen LogP contribution < -0.4 is 15.2 Å². The molecule has 0 spiro atoms. The van der Waals surface area contributed by atoms with Gasteiger partial charge in [0.25, 0.3) is 0 Å². The van der Waals surface area contributed by atoms with Crippen LogP contribution in [0.15, 0.2) is 35.6 Å². The van der Waals surface area contributed by atoms with Crippen molar-refractivity contribution in [3.63, 3.8) is 0 Å². The lowest BCUT2D eigenvalue weighted by molar-refractivity contribution is 0.0987. The quantitative estimate of drug-likeness (QED) is 0.329. The summed E-state index contributed by atoms with van der Waals surface area (Å²) in [6.07, 6.45) is 5.66. The van der Waals surface area contributed by atoms with Crippen molar-refractivity contribution in [3.8, 4) is 23.5 Å². The molecule has 0 amide bonds. The molecule has 1 aromatic carbocycles. The van der Waals surface area contributed by atoms with Crippen LogP contribution in [0.25, 0.3) is 0 Å². The molecule has 2 heterocycles. The van der Waals surface area contributed by atoms with Crippen LogP contribution in [0, 0.1) is 11.8 Å². The monoisotopic (exact) mass is 424 g/mol. The highest BCUT2D eigenvalue weighted by Gasteiger charge is 2.33. The molecule has 156 valence electrons. The number of fused-ring (bicyclic) bond motifs is 1. The molecule has 0 bridgehead atoms. The normalized spacial score (nSPS) is 17.9. The van der Waals surface area contributed by atoms with Crippen LogP contribution in [-0.2, 0) is 12.0 Å². The van der Waals surface area contributed by atoms with Crippen LogP contribution in [0.5, 0.6) is 11.6 Å². The number of ketones is 1. The van der Waals surface area contributed by atoms with Crippen LogP contribution in [0.4, 0.5) is 0 Å². The molecule has 0 radical (unpaired) electrons.